The Morgan fingerprint density at radius 1 is 1.28 bits per heavy atom. The van der Waals surface area contributed by atoms with Crippen molar-refractivity contribution in [3.05, 3.63) is 36.0 Å². The molecule has 0 radical (unpaired) electrons. The summed E-state index contributed by atoms with van der Waals surface area (Å²) in [6, 6.07) is 6.28. The summed E-state index contributed by atoms with van der Waals surface area (Å²) in [7, 11) is 0. The molecule has 0 amide bonds. The van der Waals surface area contributed by atoms with Crippen LogP contribution in [0, 0.1) is 0 Å². The lowest BCUT2D eigenvalue weighted by Crippen LogP contribution is -2.35. The van der Waals surface area contributed by atoms with Crippen LogP contribution >= 0.6 is 0 Å². The molecule has 18 heavy (non-hydrogen) atoms. The Labute approximate surface area is 110 Å². The van der Waals surface area contributed by atoms with Crippen LogP contribution < -0.4 is 10.2 Å². The van der Waals surface area contributed by atoms with Crippen molar-refractivity contribution in [2.45, 2.75) is 39.3 Å². The van der Waals surface area contributed by atoms with Gasteiger partial charge < -0.3 is 10.2 Å². The molecular formula is C15H23N3. The van der Waals surface area contributed by atoms with Gasteiger partial charge in [-0.25, -0.2) is 4.98 Å². The number of pyridine rings is 1. The average molecular weight is 245 g/mol. The molecule has 0 bridgehead atoms. The highest BCUT2D eigenvalue weighted by molar-refractivity contribution is 5.41. The van der Waals surface area contributed by atoms with Gasteiger partial charge in [0, 0.05) is 25.2 Å². The third kappa shape index (κ3) is 3.84. The summed E-state index contributed by atoms with van der Waals surface area (Å²) in [6.45, 7) is 9.38. The summed E-state index contributed by atoms with van der Waals surface area (Å²) in [6.07, 6.45) is 5.57. The SMILES string of the molecule is CC(C)(C)NCc1cccc(N2CC=CCC2)n1. The maximum atomic E-state index is 4.73. The number of anilines is 1. The molecule has 0 atom stereocenters. The molecule has 0 saturated heterocycles. The molecule has 1 N–H and O–H groups in total. The van der Waals surface area contributed by atoms with Crippen LogP contribution in [0.4, 0.5) is 5.82 Å². The first kappa shape index (κ1) is 13.1. The molecule has 98 valence electrons. The third-order valence-corrected chi connectivity index (χ3v) is 2.97. The molecule has 0 unspecified atom stereocenters. The van der Waals surface area contributed by atoms with Gasteiger partial charge in [-0.2, -0.15) is 0 Å². The molecule has 1 aliphatic rings. The van der Waals surface area contributed by atoms with E-state index in [2.05, 4.69) is 61.3 Å². The fraction of sp³-hybridized carbons (Fsp3) is 0.533. The summed E-state index contributed by atoms with van der Waals surface area (Å²) in [4.78, 5) is 7.05. The highest BCUT2D eigenvalue weighted by Gasteiger charge is 2.11. The second kappa shape index (κ2) is 5.53. The molecule has 0 fully saturated rings. The van der Waals surface area contributed by atoms with Gasteiger partial charge in [-0.1, -0.05) is 18.2 Å². The van der Waals surface area contributed by atoms with Gasteiger partial charge in [0.15, 0.2) is 0 Å². The van der Waals surface area contributed by atoms with Crippen molar-refractivity contribution in [1.82, 2.24) is 10.3 Å². The lowest BCUT2D eigenvalue weighted by molar-refractivity contribution is 0.421. The highest BCUT2D eigenvalue weighted by atomic mass is 15.2. The smallest absolute Gasteiger partial charge is 0.129 e. The Hall–Kier alpha value is -1.35. The van der Waals surface area contributed by atoms with Gasteiger partial charge in [0.05, 0.1) is 5.69 Å². The molecule has 0 saturated carbocycles. The Morgan fingerprint density at radius 3 is 2.78 bits per heavy atom. The van der Waals surface area contributed by atoms with Gasteiger partial charge in [0.25, 0.3) is 0 Å². The number of nitrogens with one attached hydrogen (secondary N) is 1. The number of rotatable bonds is 3. The zero-order valence-corrected chi connectivity index (χ0v) is 11.6. The normalized spacial score (nSPS) is 16.1. The zero-order valence-electron chi connectivity index (χ0n) is 11.6. The van der Waals surface area contributed by atoms with Crippen molar-refractivity contribution in [1.29, 1.82) is 0 Å². The van der Waals surface area contributed by atoms with Gasteiger partial charge >= 0.3 is 0 Å². The average Bonchev–Trinajstić information content (AvgIpc) is 2.37. The minimum atomic E-state index is 0.131. The predicted octanol–water partition coefficient (Wildman–Crippen LogP) is 2.74. The van der Waals surface area contributed by atoms with Crippen LogP contribution in [0.5, 0.6) is 0 Å². The molecular weight excluding hydrogens is 222 g/mol. The monoisotopic (exact) mass is 245 g/mol. The van der Waals surface area contributed by atoms with Crippen LogP contribution in [0.25, 0.3) is 0 Å². The Bertz CT molecular complexity index is 418. The van der Waals surface area contributed by atoms with Crippen LogP contribution in [0.1, 0.15) is 32.9 Å². The van der Waals surface area contributed by atoms with E-state index in [1.54, 1.807) is 0 Å². The first-order valence-electron chi connectivity index (χ1n) is 6.65. The summed E-state index contributed by atoms with van der Waals surface area (Å²) in [5.41, 5.74) is 1.24. The van der Waals surface area contributed by atoms with E-state index < -0.39 is 0 Å². The van der Waals surface area contributed by atoms with E-state index in [4.69, 9.17) is 4.98 Å². The topological polar surface area (TPSA) is 28.2 Å². The molecule has 3 heteroatoms. The van der Waals surface area contributed by atoms with Gasteiger partial charge in [-0.05, 0) is 39.3 Å². The third-order valence-electron chi connectivity index (χ3n) is 2.97. The number of hydrogen-bond acceptors (Lipinski definition) is 3. The largest absolute Gasteiger partial charge is 0.353 e. The minimum absolute atomic E-state index is 0.131. The van der Waals surface area contributed by atoms with Gasteiger partial charge in [0.2, 0.25) is 0 Å². The lowest BCUT2D eigenvalue weighted by atomic mass is 10.1. The maximum absolute atomic E-state index is 4.73. The predicted molar refractivity (Wildman–Crippen MR) is 76.8 cm³/mol. The minimum Gasteiger partial charge on any atom is -0.353 e. The molecule has 1 aliphatic heterocycles. The van der Waals surface area contributed by atoms with E-state index in [0.717, 1.165) is 37.6 Å². The molecule has 0 spiro atoms. The Morgan fingerprint density at radius 2 is 2.11 bits per heavy atom. The van der Waals surface area contributed by atoms with E-state index in [9.17, 15) is 0 Å². The lowest BCUT2D eigenvalue weighted by Gasteiger charge is -2.25. The number of hydrogen-bond donors (Lipinski definition) is 1. The zero-order chi connectivity index (χ0) is 13.0. The molecule has 1 aromatic heterocycles. The summed E-state index contributed by atoms with van der Waals surface area (Å²) in [5.74, 6) is 1.09. The second-order valence-corrected chi connectivity index (χ2v) is 5.80. The summed E-state index contributed by atoms with van der Waals surface area (Å²) < 4.78 is 0. The Kier molecular flexibility index (Phi) is 4.02. The van der Waals surface area contributed by atoms with Crippen molar-refractivity contribution in [3.8, 4) is 0 Å². The van der Waals surface area contributed by atoms with Crippen molar-refractivity contribution in [2.75, 3.05) is 18.0 Å². The molecule has 3 nitrogen and oxygen atoms in total. The molecule has 2 rings (SSSR count). The Balaban J connectivity index is 2.03. The van der Waals surface area contributed by atoms with E-state index in [1.807, 2.05) is 0 Å². The first-order valence-corrected chi connectivity index (χ1v) is 6.65. The second-order valence-electron chi connectivity index (χ2n) is 5.80. The maximum Gasteiger partial charge on any atom is 0.129 e. The molecule has 1 aromatic rings. The molecule has 2 heterocycles. The first-order chi connectivity index (χ1) is 8.54. The highest BCUT2D eigenvalue weighted by Crippen LogP contribution is 2.15. The van der Waals surface area contributed by atoms with E-state index in [1.165, 1.54) is 0 Å². The molecule has 0 aromatic carbocycles. The fourth-order valence-electron chi connectivity index (χ4n) is 1.95. The van der Waals surface area contributed by atoms with Crippen LogP contribution in [-0.2, 0) is 6.54 Å². The van der Waals surface area contributed by atoms with Crippen LogP contribution in [-0.4, -0.2) is 23.6 Å². The summed E-state index contributed by atoms with van der Waals surface area (Å²) in [5, 5.41) is 3.47. The number of nitrogens with zero attached hydrogens (tertiary/aromatic N) is 2. The van der Waals surface area contributed by atoms with E-state index in [0.29, 0.717) is 0 Å². The summed E-state index contributed by atoms with van der Waals surface area (Å²) >= 11 is 0. The fourth-order valence-corrected chi connectivity index (χ4v) is 1.95. The van der Waals surface area contributed by atoms with Crippen LogP contribution in [0.3, 0.4) is 0 Å². The quantitative estimate of drug-likeness (QED) is 0.830. The van der Waals surface area contributed by atoms with Crippen LogP contribution in [0.15, 0.2) is 30.4 Å². The van der Waals surface area contributed by atoms with Crippen molar-refractivity contribution >= 4 is 5.82 Å². The molecule has 0 aliphatic carbocycles. The van der Waals surface area contributed by atoms with Crippen molar-refractivity contribution in [2.24, 2.45) is 0 Å². The van der Waals surface area contributed by atoms with Crippen molar-refractivity contribution < 1.29 is 0 Å². The van der Waals surface area contributed by atoms with Gasteiger partial charge in [-0.15, -0.1) is 0 Å². The van der Waals surface area contributed by atoms with Crippen LogP contribution in [0.2, 0.25) is 0 Å². The van der Waals surface area contributed by atoms with E-state index in [-0.39, 0.29) is 5.54 Å². The van der Waals surface area contributed by atoms with E-state index >= 15 is 0 Å². The number of aromatic nitrogens is 1. The van der Waals surface area contributed by atoms with Gasteiger partial charge in [0.1, 0.15) is 5.82 Å². The van der Waals surface area contributed by atoms with Gasteiger partial charge in [-0.3, -0.25) is 0 Å². The van der Waals surface area contributed by atoms with Crippen molar-refractivity contribution in [3.63, 3.8) is 0 Å². The standard InChI is InChI=1S/C15H23N3/c1-15(2,3)16-12-13-8-7-9-14(17-13)18-10-5-4-6-11-18/h4-5,7-9,16H,6,10-12H2,1-3H3.